The molecule has 1 aromatic heterocycles. The van der Waals surface area contributed by atoms with Crippen LogP contribution in [-0.2, 0) is 6.54 Å². The largest absolute Gasteiger partial charge is 0.475 e. The van der Waals surface area contributed by atoms with Crippen molar-refractivity contribution in [2.75, 3.05) is 5.32 Å². The third-order valence-electron chi connectivity index (χ3n) is 2.80. The second-order valence-electron chi connectivity index (χ2n) is 4.15. The molecule has 2 aromatic rings. The lowest BCUT2D eigenvalue weighted by Crippen LogP contribution is -2.01. The summed E-state index contributed by atoms with van der Waals surface area (Å²) >= 11 is 3.34. The van der Waals surface area contributed by atoms with Gasteiger partial charge in [-0.1, -0.05) is 15.9 Å². The standard InChI is InChI=1S/C14H11BrN2O3/c1-8-10(4-13(20-8)14(18)19)7-17-12-5-11(15)3-2-9(12)6-16/h2-5,17H,7H2,1H3,(H,18,19). The maximum Gasteiger partial charge on any atom is 0.371 e. The molecule has 1 aromatic carbocycles. The van der Waals surface area contributed by atoms with E-state index in [1.165, 1.54) is 6.07 Å². The van der Waals surface area contributed by atoms with Gasteiger partial charge in [-0.15, -0.1) is 0 Å². The van der Waals surface area contributed by atoms with E-state index in [1.54, 1.807) is 25.1 Å². The quantitative estimate of drug-likeness (QED) is 0.893. The summed E-state index contributed by atoms with van der Waals surface area (Å²) in [5.74, 6) is -0.642. The van der Waals surface area contributed by atoms with Gasteiger partial charge in [-0.3, -0.25) is 0 Å². The molecule has 0 spiro atoms. The number of furan rings is 1. The van der Waals surface area contributed by atoms with Crippen molar-refractivity contribution in [1.29, 1.82) is 5.26 Å². The summed E-state index contributed by atoms with van der Waals surface area (Å²) in [6.07, 6.45) is 0. The van der Waals surface area contributed by atoms with Crippen molar-refractivity contribution in [3.63, 3.8) is 0 Å². The van der Waals surface area contributed by atoms with Crippen LogP contribution in [0.5, 0.6) is 0 Å². The highest BCUT2D eigenvalue weighted by Crippen LogP contribution is 2.22. The molecule has 5 nitrogen and oxygen atoms in total. The van der Waals surface area contributed by atoms with Gasteiger partial charge >= 0.3 is 5.97 Å². The van der Waals surface area contributed by atoms with Crippen LogP contribution in [0, 0.1) is 18.3 Å². The van der Waals surface area contributed by atoms with E-state index in [1.807, 2.05) is 0 Å². The lowest BCUT2D eigenvalue weighted by Gasteiger charge is -2.08. The molecule has 0 unspecified atom stereocenters. The van der Waals surface area contributed by atoms with E-state index in [0.29, 0.717) is 23.6 Å². The Bertz CT molecular complexity index is 701. The number of aryl methyl sites for hydroxylation is 1. The molecule has 20 heavy (non-hydrogen) atoms. The Morgan fingerprint density at radius 3 is 2.85 bits per heavy atom. The number of halogens is 1. The monoisotopic (exact) mass is 334 g/mol. The normalized spacial score (nSPS) is 10.1. The summed E-state index contributed by atoms with van der Waals surface area (Å²) < 4.78 is 5.99. The van der Waals surface area contributed by atoms with E-state index in [-0.39, 0.29) is 5.76 Å². The van der Waals surface area contributed by atoms with Crippen LogP contribution < -0.4 is 5.32 Å². The molecule has 0 radical (unpaired) electrons. The summed E-state index contributed by atoms with van der Waals surface area (Å²) in [5.41, 5.74) is 1.94. The van der Waals surface area contributed by atoms with Gasteiger partial charge < -0.3 is 14.8 Å². The third-order valence-corrected chi connectivity index (χ3v) is 3.30. The van der Waals surface area contributed by atoms with Crippen LogP contribution >= 0.6 is 15.9 Å². The fourth-order valence-electron chi connectivity index (χ4n) is 1.75. The van der Waals surface area contributed by atoms with E-state index in [9.17, 15) is 4.79 Å². The van der Waals surface area contributed by atoms with Gasteiger partial charge in [0.2, 0.25) is 5.76 Å². The molecule has 0 atom stereocenters. The molecule has 6 heteroatoms. The highest BCUT2D eigenvalue weighted by Gasteiger charge is 2.13. The topological polar surface area (TPSA) is 86.3 Å². The van der Waals surface area contributed by atoms with Gasteiger partial charge in [-0.2, -0.15) is 5.26 Å². The Balaban J connectivity index is 2.19. The van der Waals surface area contributed by atoms with Crippen LogP contribution in [-0.4, -0.2) is 11.1 Å². The minimum absolute atomic E-state index is 0.0888. The first kappa shape index (κ1) is 14.2. The fraction of sp³-hybridized carbons (Fsp3) is 0.143. The Hall–Kier alpha value is -2.26. The zero-order valence-electron chi connectivity index (χ0n) is 10.6. The maximum atomic E-state index is 10.8. The van der Waals surface area contributed by atoms with Gasteiger partial charge in [0.1, 0.15) is 11.8 Å². The first-order chi connectivity index (χ1) is 9.51. The highest BCUT2D eigenvalue weighted by molar-refractivity contribution is 9.10. The van der Waals surface area contributed by atoms with Crippen molar-refractivity contribution in [3.05, 3.63) is 51.4 Å². The maximum absolute atomic E-state index is 10.8. The molecule has 1 heterocycles. The van der Waals surface area contributed by atoms with Crippen molar-refractivity contribution < 1.29 is 14.3 Å². The molecular formula is C14H11BrN2O3. The minimum Gasteiger partial charge on any atom is -0.475 e. The average molecular weight is 335 g/mol. The molecule has 0 saturated heterocycles. The Labute approximate surface area is 124 Å². The molecule has 0 saturated carbocycles. The van der Waals surface area contributed by atoms with Gasteiger partial charge in [0, 0.05) is 16.6 Å². The Morgan fingerprint density at radius 1 is 1.50 bits per heavy atom. The zero-order chi connectivity index (χ0) is 14.7. The van der Waals surface area contributed by atoms with E-state index in [2.05, 4.69) is 27.3 Å². The zero-order valence-corrected chi connectivity index (χ0v) is 12.2. The van der Waals surface area contributed by atoms with Crippen molar-refractivity contribution in [1.82, 2.24) is 0 Å². The number of rotatable bonds is 4. The molecule has 0 amide bonds. The van der Waals surface area contributed by atoms with E-state index in [4.69, 9.17) is 14.8 Å². The molecule has 2 rings (SSSR count). The molecule has 0 bridgehead atoms. The lowest BCUT2D eigenvalue weighted by atomic mass is 10.2. The van der Waals surface area contributed by atoms with E-state index >= 15 is 0 Å². The lowest BCUT2D eigenvalue weighted by molar-refractivity contribution is 0.0661. The van der Waals surface area contributed by atoms with Crippen molar-refractivity contribution in [2.24, 2.45) is 0 Å². The SMILES string of the molecule is Cc1oc(C(=O)O)cc1CNc1cc(Br)ccc1C#N. The van der Waals surface area contributed by atoms with Crippen molar-refractivity contribution in [3.8, 4) is 6.07 Å². The van der Waals surface area contributed by atoms with Gasteiger partial charge in [0.15, 0.2) is 0 Å². The van der Waals surface area contributed by atoms with E-state index < -0.39 is 5.97 Å². The summed E-state index contributed by atoms with van der Waals surface area (Å²) in [5, 5.41) is 21.0. The number of carboxylic acid groups (broad SMARTS) is 1. The second-order valence-corrected chi connectivity index (χ2v) is 5.07. The Kier molecular flexibility index (Phi) is 4.11. The molecule has 0 aliphatic rings. The number of hydrogen-bond donors (Lipinski definition) is 2. The summed E-state index contributed by atoms with van der Waals surface area (Å²) in [7, 11) is 0. The molecule has 0 aliphatic heterocycles. The summed E-state index contributed by atoms with van der Waals surface area (Å²) in [6, 6.07) is 8.87. The summed E-state index contributed by atoms with van der Waals surface area (Å²) in [4.78, 5) is 10.8. The number of nitrogens with one attached hydrogen (secondary N) is 1. The third kappa shape index (κ3) is 3.00. The number of anilines is 1. The number of benzene rings is 1. The number of nitriles is 1. The van der Waals surface area contributed by atoms with Crippen LogP contribution in [0.25, 0.3) is 0 Å². The first-order valence-electron chi connectivity index (χ1n) is 5.77. The molecule has 102 valence electrons. The number of nitrogens with zero attached hydrogens (tertiary/aromatic N) is 1. The fourth-order valence-corrected chi connectivity index (χ4v) is 2.11. The average Bonchev–Trinajstić information content (AvgIpc) is 2.78. The molecular weight excluding hydrogens is 324 g/mol. The Morgan fingerprint density at radius 2 is 2.25 bits per heavy atom. The predicted octanol–water partition coefficient (Wildman–Crippen LogP) is 3.53. The van der Waals surface area contributed by atoms with Crippen LogP contribution in [0.4, 0.5) is 5.69 Å². The van der Waals surface area contributed by atoms with Gasteiger partial charge in [-0.05, 0) is 31.2 Å². The predicted molar refractivity (Wildman–Crippen MR) is 76.6 cm³/mol. The smallest absolute Gasteiger partial charge is 0.371 e. The van der Waals surface area contributed by atoms with Crippen LogP contribution in [0.15, 0.2) is 33.2 Å². The number of carboxylic acids is 1. The number of hydrogen-bond acceptors (Lipinski definition) is 4. The first-order valence-corrected chi connectivity index (χ1v) is 6.56. The van der Waals surface area contributed by atoms with Crippen LogP contribution in [0.1, 0.15) is 27.4 Å². The summed E-state index contributed by atoms with van der Waals surface area (Å²) in [6.45, 7) is 2.09. The van der Waals surface area contributed by atoms with E-state index in [0.717, 1.165) is 10.0 Å². The van der Waals surface area contributed by atoms with Crippen molar-refractivity contribution >= 4 is 27.6 Å². The minimum atomic E-state index is -1.10. The van der Waals surface area contributed by atoms with Gasteiger partial charge in [0.05, 0.1) is 11.3 Å². The number of aromatic carboxylic acids is 1. The molecule has 2 N–H and O–H groups in total. The van der Waals surface area contributed by atoms with Gasteiger partial charge in [0.25, 0.3) is 0 Å². The van der Waals surface area contributed by atoms with Crippen molar-refractivity contribution in [2.45, 2.75) is 13.5 Å². The van der Waals surface area contributed by atoms with Crippen LogP contribution in [0.2, 0.25) is 0 Å². The molecule has 0 fully saturated rings. The van der Waals surface area contributed by atoms with Crippen LogP contribution in [0.3, 0.4) is 0 Å². The molecule has 0 aliphatic carbocycles. The highest BCUT2D eigenvalue weighted by atomic mass is 79.9. The number of carbonyl (C=O) groups is 1. The second kappa shape index (κ2) is 5.80. The van der Waals surface area contributed by atoms with Gasteiger partial charge in [-0.25, -0.2) is 4.79 Å².